The second kappa shape index (κ2) is 7.57. The molecule has 1 unspecified atom stereocenters. The molecule has 122 valence electrons. The molecule has 2 rings (SSSR count). The topological polar surface area (TPSA) is 84.9 Å². The maximum atomic E-state index is 11.7. The molecule has 1 aliphatic rings. The Labute approximate surface area is 130 Å². The standard InChI is InChI=1S/C14H20N2O5S/c1-22(18,19)21-11-13-7-8-16(9-13)15-14(17)20-10-12-5-3-2-4-6-12/h2-6,13H,7-11H2,1H3,(H,15,17). The zero-order valence-corrected chi connectivity index (χ0v) is 13.2. The maximum absolute atomic E-state index is 11.7. The SMILES string of the molecule is CS(=O)(=O)OCC1CCN(NC(=O)OCc2ccccc2)C1. The van der Waals surface area contributed by atoms with Crippen molar-refractivity contribution in [2.24, 2.45) is 5.92 Å². The molecule has 0 spiro atoms. The van der Waals surface area contributed by atoms with Crippen LogP contribution in [-0.4, -0.2) is 45.5 Å². The molecule has 0 aliphatic carbocycles. The fourth-order valence-corrected chi connectivity index (χ4v) is 2.61. The van der Waals surface area contributed by atoms with E-state index in [4.69, 9.17) is 8.92 Å². The fraction of sp³-hybridized carbons (Fsp3) is 0.500. The molecule has 1 amide bonds. The van der Waals surface area contributed by atoms with Gasteiger partial charge in [-0.2, -0.15) is 8.42 Å². The molecule has 1 fully saturated rings. The summed E-state index contributed by atoms with van der Waals surface area (Å²) in [6.45, 7) is 1.52. The molecule has 7 nitrogen and oxygen atoms in total. The lowest BCUT2D eigenvalue weighted by Gasteiger charge is -2.17. The van der Waals surface area contributed by atoms with Crippen LogP contribution in [0.25, 0.3) is 0 Å². The molecular weight excluding hydrogens is 308 g/mol. The number of nitrogens with one attached hydrogen (secondary N) is 1. The normalized spacial score (nSPS) is 19.0. The number of hydrazine groups is 1. The molecule has 1 aliphatic heterocycles. The van der Waals surface area contributed by atoms with Crippen LogP contribution in [0, 0.1) is 5.92 Å². The van der Waals surface area contributed by atoms with Gasteiger partial charge in [0.05, 0.1) is 12.9 Å². The van der Waals surface area contributed by atoms with E-state index in [1.165, 1.54) is 0 Å². The molecule has 1 N–H and O–H groups in total. The summed E-state index contributed by atoms with van der Waals surface area (Å²) in [5, 5.41) is 1.71. The van der Waals surface area contributed by atoms with E-state index in [0.717, 1.165) is 18.2 Å². The van der Waals surface area contributed by atoms with Gasteiger partial charge in [0.2, 0.25) is 0 Å². The highest BCUT2D eigenvalue weighted by Gasteiger charge is 2.25. The van der Waals surface area contributed by atoms with Gasteiger partial charge in [-0.15, -0.1) is 0 Å². The summed E-state index contributed by atoms with van der Waals surface area (Å²) in [5.41, 5.74) is 3.56. The predicted molar refractivity (Wildman–Crippen MR) is 80.2 cm³/mol. The summed E-state index contributed by atoms with van der Waals surface area (Å²) in [5.74, 6) is 0.0733. The Bertz CT molecular complexity index is 591. The minimum absolute atomic E-state index is 0.0733. The number of hydrogen-bond donors (Lipinski definition) is 1. The third kappa shape index (κ3) is 6.00. The van der Waals surface area contributed by atoms with Crippen LogP contribution in [0.2, 0.25) is 0 Å². The van der Waals surface area contributed by atoms with Crippen LogP contribution < -0.4 is 5.43 Å². The lowest BCUT2D eigenvalue weighted by molar-refractivity contribution is 0.106. The van der Waals surface area contributed by atoms with Crippen molar-refractivity contribution in [3.8, 4) is 0 Å². The average Bonchev–Trinajstić information content (AvgIpc) is 2.91. The van der Waals surface area contributed by atoms with Gasteiger partial charge in [-0.05, 0) is 17.9 Å². The van der Waals surface area contributed by atoms with E-state index in [0.29, 0.717) is 13.1 Å². The average molecular weight is 328 g/mol. The summed E-state index contributed by atoms with van der Waals surface area (Å²) in [6, 6.07) is 9.41. The van der Waals surface area contributed by atoms with Gasteiger partial charge in [-0.3, -0.25) is 9.61 Å². The largest absolute Gasteiger partial charge is 0.444 e. The number of rotatable bonds is 6. The Kier molecular flexibility index (Phi) is 5.76. The highest BCUT2D eigenvalue weighted by atomic mass is 32.2. The first-order valence-electron chi connectivity index (χ1n) is 6.99. The van der Waals surface area contributed by atoms with E-state index in [-0.39, 0.29) is 19.1 Å². The van der Waals surface area contributed by atoms with E-state index >= 15 is 0 Å². The zero-order valence-electron chi connectivity index (χ0n) is 12.4. The Balaban J connectivity index is 1.67. The van der Waals surface area contributed by atoms with Crippen molar-refractivity contribution < 1.29 is 22.1 Å². The van der Waals surface area contributed by atoms with Gasteiger partial charge >= 0.3 is 6.09 Å². The Hall–Kier alpha value is -1.64. The van der Waals surface area contributed by atoms with Gasteiger partial charge in [-0.1, -0.05) is 30.3 Å². The summed E-state index contributed by atoms with van der Waals surface area (Å²) in [6.07, 6.45) is 1.27. The quantitative estimate of drug-likeness (QED) is 0.788. The fourth-order valence-electron chi connectivity index (χ4n) is 2.17. The monoisotopic (exact) mass is 328 g/mol. The number of amides is 1. The molecule has 0 bridgehead atoms. The summed E-state index contributed by atoms with van der Waals surface area (Å²) >= 11 is 0. The molecular formula is C14H20N2O5S. The van der Waals surface area contributed by atoms with Crippen LogP contribution in [-0.2, 0) is 25.6 Å². The lowest BCUT2D eigenvalue weighted by atomic mass is 10.1. The van der Waals surface area contributed by atoms with Crippen LogP contribution in [0.3, 0.4) is 0 Å². The number of carbonyl (C=O) groups is 1. The Morgan fingerprint density at radius 1 is 1.36 bits per heavy atom. The van der Waals surface area contributed by atoms with E-state index in [2.05, 4.69) is 5.43 Å². The Morgan fingerprint density at radius 2 is 2.09 bits per heavy atom. The summed E-state index contributed by atoms with van der Waals surface area (Å²) in [7, 11) is -3.42. The van der Waals surface area contributed by atoms with Gasteiger partial charge in [0, 0.05) is 13.1 Å². The first-order valence-corrected chi connectivity index (χ1v) is 8.81. The summed E-state index contributed by atoms with van der Waals surface area (Å²) < 4.78 is 31.8. The molecule has 0 aromatic heterocycles. The third-order valence-electron chi connectivity index (χ3n) is 3.27. The van der Waals surface area contributed by atoms with Gasteiger partial charge < -0.3 is 4.74 Å². The van der Waals surface area contributed by atoms with E-state index in [1.54, 1.807) is 5.01 Å². The third-order valence-corrected chi connectivity index (χ3v) is 3.83. The predicted octanol–water partition coefficient (Wildman–Crippen LogP) is 1.13. The van der Waals surface area contributed by atoms with Crippen LogP contribution in [0.4, 0.5) is 4.79 Å². The molecule has 0 radical (unpaired) electrons. The highest BCUT2D eigenvalue weighted by molar-refractivity contribution is 7.85. The van der Waals surface area contributed by atoms with Gasteiger partial charge in [0.15, 0.2) is 0 Å². The summed E-state index contributed by atoms with van der Waals surface area (Å²) in [4.78, 5) is 11.7. The molecule has 22 heavy (non-hydrogen) atoms. The van der Waals surface area contributed by atoms with E-state index in [9.17, 15) is 13.2 Å². The van der Waals surface area contributed by atoms with Crippen LogP contribution in [0.1, 0.15) is 12.0 Å². The van der Waals surface area contributed by atoms with Crippen molar-refractivity contribution in [2.45, 2.75) is 13.0 Å². The van der Waals surface area contributed by atoms with E-state index in [1.807, 2.05) is 30.3 Å². The molecule has 8 heteroatoms. The first-order chi connectivity index (χ1) is 10.4. The zero-order chi connectivity index (χ0) is 16.0. The number of carbonyl (C=O) groups excluding carboxylic acids is 1. The van der Waals surface area contributed by atoms with Crippen molar-refractivity contribution in [3.05, 3.63) is 35.9 Å². The van der Waals surface area contributed by atoms with Crippen molar-refractivity contribution in [1.82, 2.24) is 10.4 Å². The molecule has 1 heterocycles. The first kappa shape index (κ1) is 16.7. The van der Waals surface area contributed by atoms with Crippen molar-refractivity contribution in [3.63, 3.8) is 0 Å². The van der Waals surface area contributed by atoms with Crippen LogP contribution >= 0.6 is 0 Å². The van der Waals surface area contributed by atoms with E-state index < -0.39 is 16.2 Å². The minimum atomic E-state index is -3.42. The smallest absolute Gasteiger partial charge is 0.422 e. The minimum Gasteiger partial charge on any atom is -0.444 e. The number of benzene rings is 1. The van der Waals surface area contributed by atoms with Gasteiger partial charge in [-0.25, -0.2) is 9.80 Å². The van der Waals surface area contributed by atoms with Crippen LogP contribution in [0.15, 0.2) is 30.3 Å². The maximum Gasteiger partial charge on any atom is 0.422 e. The van der Waals surface area contributed by atoms with Gasteiger partial charge in [0.1, 0.15) is 6.61 Å². The van der Waals surface area contributed by atoms with Gasteiger partial charge in [0.25, 0.3) is 10.1 Å². The highest BCUT2D eigenvalue weighted by Crippen LogP contribution is 2.15. The number of nitrogens with zero attached hydrogens (tertiary/aromatic N) is 1. The lowest BCUT2D eigenvalue weighted by Crippen LogP contribution is -2.41. The molecule has 0 saturated carbocycles. The molecule has 1 atom stereocenters. The molecule has 1 saturated heterocycles. The van der Waals surface area contributed by atoms with Crippen molar-refractivity contribution >= 4 is 16.2 Å². The number of ether oxygens (including phenoxy) is 1. The van der Waals surface area contributed by atoms with Crippen molar-refractivity contribution in [1.29, 1.82) is 0 Å². The van der Waals surface area contributed by atoms with Crippen molar-refractivity contribution in [2.75, 3.05) is 26.0 Å². The number of hydrogen-bond acceptors (Lipinski definition) is 6. The van der Waals surface area contributed by atoms with Crippen LogP contribution in [0.5, 0.6) is 0 Å². The second-order valence-electron chi connectivity index (χ2n) is 5.26. The molecule has 1 aromatic carbocycles. The Morgan fingerprint density at radius 3 is 2.77 bits per heavy atom. The molecule has 1 aromatic rings. The second-order valence-corrected chi connectivity index (χ2v) is 6.91.